The van der Waals surface area contributed by atoms with E-state index in [1.807, 2.05) is 0 Å². The average molecular weight is 275 g/mol. The second-order valence-corrected chi connectivity index (χ2v) is 6.67. The van der Waals surface area contributed by atoms with Crippen LogP contribution in [0.25, 0.3) is 11.1 Å². The lowest BCUT2D eigenvalue weighted by Gasteiger charge is -2.22. The van der Waals surface area contributed by atoms with E-state index in [-0.39, 0.29) is 11.0 Å². The lowest BCUT2D eigenvalue weighted by Crippen LogP contribution is -2.12. The van der Waals surface area contributed by atoms with Gasteiger partial charge in [0.15, 0.2) is 11.5 Å². The number of aromatic carboxylic acids is 1. The van der Waals surface area contributed by atoms with E-state index in [1.54, 1.807) is 12.1 Å². The summed E-state index contributed by atoms with van der Waals surface area (Å²) in [5.41, 5.74) is 1.78. The standard InChI is InChI=1S/C16H21NO3/c1-10(9-16(2,3)4)7-14-17-12-8-11(15(18)19)5-6-13(12)20-14/h5-6,8,10H,7,9H2,1-4H3,(H,18,19). The molecule has 2 rings (SSSR count). The Labute approximate surface area is 118 Å². The van der Waals surface area contributed by atoms with Gasteiger partial charge in [-0.15, -0.1) is 0 Å². The highest BCUT2D eigenvalue weighted by molar-refractivity contribution is 5.91. The molecule has 1 N–H and O–H groups in total. The third-order valence-electron chi connectivity index (χ3n) is 3.16. The number of fused-ring (bicyclic) bond motifs is 1. The van der Waals surface area contributed by atoms with Crippen LogP contribution in [0, 0.1) is 11.3 Å². The highest BCUT2D eigenvalue weighted by Gasteiger charge is 2.18. The summed E-state index contributed by atoms with van der Waals surface area (Å²) in [6.45, 7) is 8.83. The van der Waals surface area contributed by atoms with Gasteiger partial charge in [0, 0.05) is 6.42 Å². The van der Waals surface area contributed by atoms with Crippen molar-refractivity contribution in [2.45, 2.75) is 40.5 Å². The van der Waals surface area contributed by atoms with Gasteiger partial charge in [0.25, 0.3) is 0 Å². The molecule has 1 heterocycles. The van der Waals surface area contributed by atoms with Crippen LogP contribution < -0.4 is 0 Å². The van der Waals surface area contributed by atoms with Gasteiger partial charge in [-0.3, -0.25) is 0 Å². The predicted molar refractivity (Wildman–Crippen MR) is 77.9 cm³/mol. The van der Waals surface area contributed by atoms with Crippen LogP contribution in [0.4, 0.5) is 0 Å². The Bertz CT molecular complexity index is 622. The third kappa shape index (κ3) is 3.59. The first kappa shape index (κ1) is 14.6. The maximum atomic E-state index is 10.9. The van der Waals surface area contributed by atoms with E-state index in [1.165, 1.54) is 6.07 Å². The molecule has 1 aromatic carbocycles. The summed E-state index contributed by atoms with van der Waals surface area (Å²) < 4.78 is 5.68. The van der Waals surface area contributed by atoms with Gasteiger partial charge in [-0.25, -0.2) is 9.78 Å². The molecule has 20 heavy (non-hydrogen) atoms. The summed E-state index contributed by atoms with van der Waals surface area (Å²) in [6.07, 6.45) is 1.86. The Hall–Kier alpha value is -1.84. The van der Waals surface area contributed by atoms with Crippen LogP contribution in [0.1, 0.15) is 50.4 Å². The zero-order chi connectivity index (χ0) is 14.9. The van der Waals surface area contributed by atoms with E-state index in [4.69, 9.17) is 9.52 Å². The van der Waals surface area contributed by atoms with Gasteiger partial charge < -0.3 is 9.52 Å². The van der Waals surface area contributed by atoms with Crippen molar-refractivity contribution in [2.75, 3.05) is 0 Å². The number of hydrogen-bond acceptors (Lipinski definition) is 3. The summed E-state index contributed by atoms with van der Waals surface area (Å²) in [5.74, 6) is 0.207. The fourth-order valence-electron chi connectivity index (χ4n) is 2.61. The van der Waals surface area contributed by atoms with E-state index in [9.17, 15) is 4.79 Å². The minimum atomic E-state index is -0.947. The molecule has 4 heteroatoms. The molecule has 1 atom stereocenters. The number of carboxylic acids is 1. The predicted octanol–water partition coefficient (Wildman–Crippen LogP) is 4.14. The summed E-state index contributed by atoms with van der Waals surface area (Å²) in [6, 6.07) is 4.76. The van der Waals surface area contributed by atoms with Gasteiger partial charge in [-0.1, -0.05) is 27.7 Å². The van der Waals surface area contributed by atoms with Gasteiger partial charge in [-0.05, 0) is 36.0 Å². The largest absolute Gasteiger partial charge is 0.478 e. The number of benzene rings is 1. The number of aromatic nitrogens is 1. The molecule has 0 saturated carbocycles. The Balaban J connectivity index is 2.17. The first-order chi connectivity index (χ1) is 9.24. The number of carbonyl (C=O) groups is 1. The number of rotatable bonds is 4. The van der Waals surface area contributed by atoms with Crippen molar-refractivity contribution in [1.29, 1.82) is 0 Å². The van der Waals surface area contributed by atoms with E-state index in [2.05, 4.69) is 32.7 Å². The minimum absolute atomic E-state index is 0.236. The van der Waals surface area contributed by atoms with Crippen LogP contribution in [0.15, 0.2) is 22.6 Å². The summed E-state index contributed by atoms with van der Waals surface area (Å²) in [4.78, 5) is 15.3. The van der Waals surface area contributed by atoms with Crippen molar-refractivity contribution in [3.63, 3.8) is 0 Å². The molecular formula is C16H21NO3. The van der Waals surface area contributed by atoms with Gasteiger partial charge in [0.2, 0.25) is 0 Å². The monoisotopic (exact) mass is 275 g/mol. The van der Waals surface area contributed by atoms with Crippen molar-refractivity contribution in [3.8, 4) is 0 Å². The normalized spacial score (nSPS) is 13.6. The summed E-state index contributed by atoms with van der Waals surface area (Å²) in [5, 5.41) is 8.97. The van der Waals surface area contributed by atoms with E-state index < -0.39 is 5.97 Å². The van der Waals surface area contributed by atoms with Crippen LogP contribution >= 0.6 is 0 Å². The highest BCUT2D eigenvalue weighted by Crippen LogP contribution is 2.27. The molecule has 0 radical (unpaired) electrons. The Kier molecular flexibility index (Phi) is 3.84. The van der Waals surface area contributed by atoms with Crippen molar-refractivity contribution < 1.29 is 14.3 Å². The van der Waals surface area contributed by atoms with Gasteiger partial charge in [0.05, 0.1) is 5.56 Å². The third-order valence-corrected chi connectivity index (χ3v) is 3.16. The Morgan fingerprint density at radius 2 is 2.10 bits per heavy atom. The van der Waals surface area contributed by atoms with Crippen LogP contribution in [-0.4, -0.2) is 16.1 Å². The van der Waals surface area contributed by atoms with Gasteiger partial charge in [0.1, 0.15) is 5.52 Å². The van der Waals surface area contributed by atoms with Crippen molar-refractivity contribution in [3.05, 3.63) is 29.7 Å². The lowest BCUT2D eigenvalue weighted by molar-refractivity contribution is 0.0697. The number of hydrogen-bond donors (Lipinski definition) is 1. The molecule has 0 aliphatic rings. The van der Waals surface area contributed by atoms with Gasteiger partial charge >= 0.3 is 5.97 Å². The molecular weight excluding hydrogens is 254 g/mol. The van der Waals surface area contributed by atoms with Crippen LogP contribution in [0.3, 0.4) is 0 Å². The Morgan fingerprint density at radius 3 is 2.70 bits per heavy atom. The highest BCUT2D eigenvalue weighted by atomic mass is 16.4. The fourth-order valence-corrected chi connectivity index (χ4v) is 2.61. The van der Waals surface area contributed by atoms with Crippen molar-refractivity contribution in [1.82, 2.24) is 4.98 Å². The molecule has 0 spiro atoms. The van der Waals surface area contributed by atoms with Crippen LogP contribution in [-0.2, 0) is 6.42 Å². The van der Waals surface area contributed by atoms with E-state index in [0.29, 0.717) is 22.9 Å². The molecule has 1 unspecified atom stereocenters. The summed E-state index contributed by atoms with van der Waals surface area (Å²) >= 11 is 0. The number of nitrogens with zero attached hydrogens (tertiary/aromatic N) is 1. The molecule has 0 fully saturated rings. The molecule has 0 bridgehead atoms. The first-order valence-electron chi connectivity index (χ1n) is 6.87. The molecule has 4 nitrogen and oxygen atoms in total. The Morgan fingerprint density at radius 1 is 1.40 bits per heavy atom. The zero-order valence-corrected chi connectivity index (χ0v) is 12.4. The number of carboxylic acid groups (broad SMARTS) is 1. The molecule has 1 aromatic heterocycles. The van der Waals surface area contributed by atoms with Crippen molar-refractivity contribution >= 4 is 17.1 Å². The maximum absolute atomic E-state index is 10.9. The zero-order valence-electron chi connectivity index (χ0n) is 12.4. The second-order valence-electron chi connectivity index (χ2n) is 6.67. The smallest absolute Gasteiger partial charge is 0.335 e. The van der Waals surface area contributed by atoms with Gasteiger partial charge in [-0.2, -0.15) is 0 Å². The maximum Gasteiger partial charge on any atom is 0.335 e. The average Bonchev–Trinajstić information content (AvgIpc) is 2.66. The molecule has 0 aliphatic carbocycles. The topological polar surface area (TPSA) is 63.3 Å². The molecule has 0 aliphatic heterocycles. The van der Waals surface area contributed by atoms with Crippen LogP contribution in [0.5, 0.6) is 0 Å². The quantitative estimate of drug-likeness (QED) is 0.910. The lowest BCUT2D eigenvalue weighted by atomic mass is 9.84. The number of oxazole rings is 1. The van der Waals surface area contributed by atoms with E-state index >= 15 is 0 Å². The molecule has 108 valence electrons. The second kappa shape index (κ2) is 5.27. The fraction of sp³-hybridized carbons (Fsp3) is 0.500. The summed E-state index contributed by atoms with van der Waals surface area (Å²) in [7, 11) is 0. The molecule has 2 aromatic rings. The molecule has 0 amide bonds. The SMILES string of the molecule is CC(Cc1nc2cc(C(=O)O)ccc2o1)CC(C)(C)C. The minimum Gasteiger partial charge on any atom is -0.478 e. The van der Waals surface area contributed by atoms with Crippen molar-refractivity contribution in [2.24, 2.45) is 11.3 Å². The first-order valence-corrected chi connectivity index (χ1v) is 6.87. The molecule has 0 saturated heterocycles. The van der Waals surface area contributed by atoms with E-state index in [0.717, 1.165) is 12.8 Å². The van der Waals surface area contributed by atoms with Crippen LogP contribution in [0.2, 0.25) is 0 Å².